The first-order valence-electron chi connectivity index (χ1n) is 4.80. The molecule has 2 N–H and O–H groups in total. The molecule has 0 saturated heterocycles. The van der Waals surface area contributed by atoms with Crippen molar-refractivity contribution in [1.29, 1.82) is 0 Å². The molecule has 84 valence electrons. The van der Waals surface area contributed by atoms with Crippen molar-refractivity contribution < 1.29 is 9.50 Å². The summed E-state index contributed by atoms with van der Waals surface area (Å²) in [5.41, 5.74) is -0.816. The van der Waals surface area contributed by atoms with E-state index >= 15 is 0 Å². The van der Waals surface area contributed by atoms with Gasteiger partial charge in [0, 0.05) is 10.0 Å². The molecule has 0 aliphatic carbocycles. The minimum Gasteiger partial charge on any atom is -0.385 e. The Bertz CT molecular complexity index is 341. The predicted octanol–water partition coefficient (Wildman–Crippen LogP) is 2.41. The third-order valence-corrected chi connectivity index (χ3v) is 2.86. The Balaban J connectivity index is 2.97. The highest BCUT2D eigenvalue weighted by molar-refractivity contribution is 9.10. The molecule has 0 fully saturated rings. The molecule has 0 aliphatic rings. The molecule has 1 aromatic carbocycles. The van der Waals surface area contributed by atoms with Gasteiger partial charge >= 0.3 is 0 Å². The minimum absolute atomic E-state index is 0.326. The summed E-state index contributed by atoms with van der Waals surface area (Å²) < 4.78 is 14.3. The molecule has 0 aliphatic heterocycles. The number of halogens is 2. The molecule has 0 saturated carbocycles. The largest absolute Gasteiger partial charge is 0.385 e. The van der Waals surface area contributed by atoms with E-state index in [0.29, 0.717) is 18.5 Å². The van der Waals surface area contributed by atoms with Crippen LogP contribution in [0.1, 0.15) is 18.9 Å². The van der Waals surface area contributed by atoms with Crippen LogP contribution < -0.4 is 5.32 Å². The zero-order valence-corrected chi connectivity index (χ0v) is 10.4. The van der Waals surface area contributed by atoms with Crippen molar-refractivity contribution in [2.24, 2.45) is 0 Å². The van der Waals surface area contributed by atoms with Crippen LogP contribution >= 0.6 is 15.9 Å². The molecule has 1 aromatic rings. The Hall–Kier alpha value is -0.450. The van der Waals surface area contributed by atoms with E-state index in [-0.39, 0.29) is 5.82 Å². The van der Waals surface area contributed by atoms with Crippen molar-refractivity contribution in [2.45, 2.75) is 18.9 Å². The molecule has 1 atom stereocenters. The Morgan fingerprint density at radius 3 is 2.80 bits per heavy atom. The van der Waals surface area contributed by atoms with Gasteiger partial charge in [-0.3, -0.25) is 0 Å². The van der Waals surface area contributed by atoms with Gasteiger partial charge in [0.05, 0.1) is 5.60 Å². The lowest BCUT2D eigenvalue weighted by Gasteiger charge is -2.24. The van der Waals surface area contributed by atoms with Gasteiger partial charge in [-0.2, -0.15) is 0 Å². The van der Waals surface area contributed by atoms with Crippen LogP contribution in [0.3, 0.4) is 0 Å². The molecule has 0 bridgehead atoms. The second-order valence-electron chi connectivity index (χ2n) is 3.75. The Kier molecular flexibility index (Phi) is 4.25. The quantitative estimate of drug-likeness (QED) is 0.885. The van der Waals surface area contributed by atoms with E-state index in [9.17, 15) is 9.50 Å². The average Bonchev–Trinajstić information content (AvgIpc) is 2.18. The van der Waals surface area contributed by atoms with E-state index in [0.717, 1.165) is 4.47 Å². The summed E-state index contributed by atoms with van der Waals surface area (Å²) in [6, 6.07) is 4.59. The summed E-state index contributed by atoms with van der Waals surface area (Å²) in [6.45, 7) is 2.26. The van der Waals surface area contributed by atoms with Crippen molar-refractivity contribution in [3.63, 3.8) is 0 Å². The third-order valence-electron chi connectivity index (χ3n) is 2.37. The molecule has 4 heteroatoms. The van der Waals surface area contributed by atoms with Crippen LogP contribution in [-0.2, 0) is 5.60 Å². The van der Waals surface area contributed by atoms with Gasteiger partial charge in [0.25, 0.3) is 0 Å². The fourth-order valence-corrected chi connectivity index (χ4v) is 1.77. The molecule has 1 rings (SSSR count). The van der Waals surface area contributed by atoms with E-state index in [4.69, 9.17) is 0 Å². The molecule has 15 heavy (non-hydrogen) atoms. The lowest BCUT2D eigenvalue weighted by Crippen LogP contribution is -2.27. The highest BCUT2D eigenvalue weighted by Crippen LogP contribution is 2.28. The van der Waals surface area contributed by atoms with E-state index in [1.165, 1.54) is 6.07 Å². The van der Waals surface area contributed by atoms with Crippen molar-refractivity contribution in [1.82, 2.24) is 5.32 Å². The number of benzene rings is 1. The van der Waals surface area contributed by atoms with Gasteiger partial charge in [0.15, 0.2) is 0 Å². The molecule has 0 radical (unpaired) electrons. The fourth-order valence-electron chi connectivity index (χ4n) is 1.41. The van der Waals surface area contributed by atoms with Crippen LogP contribution in [0.2, 0.25) is 0 Å². The predicted molar refractivity (Wildman–Crippen MR) is 62.2 cm³/mol. The summed E-state index contributed by atoms with van der Waals surface area (Å²) in [6.07, 6.45) is 0.469. The average molecular weight is 276 g/mol. The topological polar surface area (TPSA) is 32.3 Å². The Morgan fingerprint density at radius 2 is 2.20 bits per heavy atom. The van der Waals surface area contributed by atoms with Crippen LogP contribution in [-0.4, -0.2) is 18.7 Å². The van der Waals surface area contributed by atoms with Crippen molar-refractivity contribution in [2.75, 3.05) is 13.6 Å². The zero-order chi connectivity index (χ0) is 11.5. The second-order valence-corrected chi connectivity index (χ2v) is 4.67. The van der Waals surface area contributed by atoms with Gasteiger partial charge in [-0.1, -0.05) is 15.9 Å². The SMILES string of the molecule is CNCCC(C)(O)c1cc(Br)ccc1F. The molecular weight excluding hydrogens is 261 g/mol. The standard InChI is InChI=1S/C11H15BrFNO/c1-11(15,5-6-14-2)9-7-8(12)3-4-10(9)13/h3-4,7,14-15H,5-6H2,1-2H3. The van der Waals surface area contributed by atoms with Gasteiger partial charge < -0.3 is 10.4 Å². The van der Waals surface area contributed by atoms with Gasteiger partial charge in [0.2, 0.25) is 0 Å². The first-order chi connectivity index (χ1) is 6.97. The van der Waals surface area contributed by atoms with E-state index < -0.39 is 5.60 Å². The molecule has 0 heterocycles. The maximum Gasteiger partial charge on any atom is 0.129 e. The molecule has 0 aromatic heterocycles. The van der Waals surface area contributed by atoms with Gasteiger partial charge in [-0.05, 0) is 45.1 Å². The molecule has 0 spiro atoms. The first kappa shape index (κ1) is 12.6. The summed E-state index contributed by atoms with van der Waals surface area (Å²) in [4.78, 5) is 0. The third kappa shape index (κ3) is 3.26. The van der Waals surface area contributed by atoms with Crippen LogP contribution in [0, 0.1) is 5.82 Å². The monoisotopic (exact) mass is 275 g/mol. The fraction of sp³-hybridized carbons (Fsp3) is 0.455. The van der Waals surface area contributed by atoms with Crippen LogP contribution in [0.4, 0.5) is 4.39 Å². The van der Waals surface area contributed by atoms with Crippen LogP contribution in [0.5, 0.6) is 0 Å². The van der Waals surface area contributed by atoms with Gasteiger partial charge in [0.1, 0.15) is 5.82 Å². The molecule has 1 unspecified atom stereocenters. The summed E-state index contributed by atoms with van der Waals surface area (Å²) in [7, 11) is 1.80. The highest BCUT2D eigenvalue weighted by Gasteiger charge is 2.25. The van der Waals surface area contributed by atoms with E-state index in [1.807, 2.05) is 0 Å². The number of nitrogens with one attached hydrogen (secondary N) is 1. The van der Waals surface area contributed by atoms with Crippen molar-refractivity contribution in [3.8, 4) is 0 Å². The summed E-state index contributed by atoms with van der Waals surface area (Å²) in [5, 5.41) is 13.1. The van der Waals surface area contributed by atoms with E-state index in [2.05, 4.69) is 21.2 Å². The molecule has 2 nitrogen and oxygen atoms in total. The van der Waals surface area contributed by atoms with Gasteiger partial charge in [-0.15, -0.1) is 0 Å². The van der Waals surface area contributed by atoms with Gasteiger partial charge in [-0.25, -0.2) is 4.39 Å². The zero-order valence-electron chi connectivity index (χ0n) is 8.85. The second kappa shape index (κ2) is 5.05. The van der Waals surface area contributed by atoms with E-state index in [1.54, 1.807) is 26.1 Å². The number of rotatable bonds is 4. The first-order valence-corrected chi connectivity index (χ1v) is 5.59. The van der Waals surface area contributed by atoms with Crippen LogP contribution in [0.25, 0.3) is 0 Å². The number of hydrogen-bond acceptors (Lipinski definition) is 2. The summed E-state index contributed by atoms with van der Waals surface area (Å²) >= 11 is 3.26. The normalized spacial score (nSPS) is 15.0. The minimum atomic E-state index is -1.14. The number of aliphatic hydroxyl groups is 1. The Morgan fingerprint density at radius 1 is 1.53 bits per heavy atom. The Labute approximate surface area is 97.6 Å². The smallest absolute Gasteiger partial charge is 0.129 e. The maximum atomic E-state index is 13.5. The molecular formula is C11H15BrFNO. The van der Waals surface area contributed by atoms with Crippen molar-refractivity contribution in [3.05, 3.63) is 34.1 Å². The number of hydrogen-bond donors (Lipinski definition) is 2. The van der Waals surface area contributed by atoms with Crippen LogP contribution in [0.15, 0.2) is 22.7 Å². The lowest BCUT2D eigenvalue weighted by atomic mass is 9.92. The lowest BCUT2D eigenvalue weighted by molar-refractivity contribution is 0.0448. The summed E-state index contributed by atoms with van der Waals surface area (Å²) in [5.74, 6) is -0.376. The highest BCUT2D eigenvalue weighted by atomic mass is 79.9. The maximum absolute atomic E-state index is 13.5. The molecule has 0 amide bonds. The van der Waals surface area contributed by atoms with Crippen molar-refractivity contribution >= 4 is 15.9 Å².